The Morgan fingerprint density at radius 3 is 2.52 bits per heavy atom. The van der Waals surface area contributed by atoms with E-state index in [1.807, 2.05) is 0 Å². The first kappa shape index (κ1) is 19.4. The minimum Gasteiger partial charge on any atom is -0.480 e. The normalized spacial score (nSPS) is 11.5. The number of halogens is 3. The van der Waals surface area contributed by atoms with Gasteiger partial charge in [0.15, 0.2) is 12.7 Å². The Morgan fingerprint density at radius 1 is 1.08 bits per heavy atom. The predicted octanol–water partition coefficient (Wildman–Crippen LogP) is 4.60. The van der Waals surface area contributed by atoms with Crippen LogP contribution in [0.4, 0.5) is 5.69 Å². The van der Waals surface area contributed by atoms with E-state index in [0.717, 1.165) is 0 Å². The van der Waals surface area contributed by atoms with Crippen molar-refractivity contribution in [3.63, 3.8) is 0 Å². The third kappa shape index (κ3) is 5.81. The molecule has 1 unspecified atom stereocenters. The Morgan fingerprint density at radius 2 is 1.80 bits per heavy atom. The van der Waals surface area contributed by atoms with Gasteiger partial charge in [-0.1, -0.05) is 46.9 Å². The molecule has 0 aromatic heterocycles. The summed E-state index contributed by atoms with van der Waals surface area (Å²) in [6.45, 7) is 1.06. The summed E-state index contributed by atoms with van der Waals surface area (Å²) >= 11 is 17.7. The Labute approximate surface area is 159 Å². The van der Waals surface area contributed by atoms with Crippen molar-refractivity contribution in [2.24, 2.45) is 0 Å². The molecule has 1 N–H and O–H groups in total. The minimum absolute atomic E-state index is 0.318. The van der Waals surface area contributed by atoms with E-state index in [4.69, 9.17) is 44.3 Å². The van der Waals surface area contributed by atoms with E-state index in [0.29, 0.717) is 26.5 Å². The van der Waals surface area contributed by atoms with Gasteiger partial charge in [-0.15, -0.1) is 0 Å². The minimum atomic E-state index is -1.04. The van der Waals surface area contributed by atoms with Crippen LogP contribution in [0.15, 0.2) is 42.5 Å². The van der Waals surface area contributed by atoms with Crippen LogP contribution in [0.25, 0.3) is 0 Å². The maximum atomic E-state index is 12.1. The molecule has 8 heteroatoms. The van der Waals surface area contributed by atoms with Crippen LogP contribution in [0.1, 0.15) is 6.92 Å². The van der Waals surface area contributed by atoms with Crippen molar-refractivity contribution in [3.05, 3.63) is 57.5 Å². The summed E-state index contributed by atoms with van der Waals surface area (Å²) < 4.78 is 10.3. The molecule has 0 aliphatic heterocycles. The number of carbonyl (C=O) groups excluding carboxylic acids is 2. The second-order valence-electron chi connectivity index (χ2n) is 4.96. The van der Waals surface area contributed by atoms with Crippen molar-refractivity contribution in [1.82, 2.24) is 0 Å². The first-order valence-electron chi connectivity index (χ1n) is 7.19. The molecule has 0 spiro atoms. The highest BCUT2D eigenvalue weighted by atomic mass is 35.5. The molecule has 0 fully saturated rings. The van der Waals surface area contributed by atoms with Crippen LogP contribution in [0, 0.1) is 0 Å². The highest BCUT2D eigenvalue weighted by Crippen LogP contribution is 2.26. The van der Waals surface area contributed by atoms with Crippen molar-refractivity contribution in [3.8, 4) is 5.75 Å². The van der Waals surface area contributed by atoms with Gasteiger partial charge in [-0.25, -0.2) is 4.79 Å². The van der Waals surface area contributed by atoms with Crippen molar-refractivity contribution >= 4 is 52.4 Å². The molecule has 25 heavy (non-hydrogen) atoms. The van der Waals surface area contributed by atoms with E-state index >= 15 is 0 Å². The maximum Gasteiger partial charge on any atom is 0.344 e. The van der Waals surface area contributed by atoms with Gasteiger partial charge in [-0.05, 0) is 37.3 Å². The van der Waals surface area contributed by atoms with Gasteiger partial charge in [0.1, 0.15) is 5.75 Å². The molecule has 0 saturated carbocycles. The number of anilines is 1. The van der Waals surface area contributed by atoms with Crippen molar-refractivity contribution in [2.75, 3.05) is 11.9 Å². The second-order valence-corrected chi connectivity index (χ2v) is 6.22. The van der Waals surface area contributed by atoms with Gasteiger partial charge >= 0.3 is 5.97 Å². The van der Waals surface area contributed by atoms with Crippen LogP contribution >= 0.6 is 34.8 Å². The quantitative estimate of drug-likeness (QED) is 0.717. The highest BCUT2D eigenvalue weighted by molar-refractivity contribution is 6.35. The smallest absolute Gasteiger partial charge is 0.344 e. The third-order valence-corrected chi connectivity index (χ3v) is 3.92. The summed E-state index contributed by atoms with van der Waals surface area (Å²) in [7, 11) is 0. The number of esters is 1. The first-order valence-corrected chi connectivity index (χ1v) is 8.33. The van der Waals surface area contributed by atoms with Crippen LogP contribution in [0.3, 0.4) is 0 Å². The fourth-order valence-corrected chi connectivity index (χ4v) is 2.34. The largest absolute Gasteiger partial charge is 0.480 e. The molecular weight excluding hydrogens is 389 g/mol. The van der Waals surface area contributed by atoms with Crippen LogP contribution in [0.2, 0.25) is 15.1 Å². The molecule has 2 rings (SSSR count). The highest BCUT2D eigenvalue weighted by Gasteiger charge is 2.19. The van der Waals surface area contributed by atoms with Crippen molar-refractivity contribution in [2.45, 2.75) is 13.0 Å². The number of benzene rings is 2. The van der Waals surface area contributed by atoms with Crippen LogP contribution in [-0.4, -0.2) is 24.6 Å². The molecule has 1 atom stereocenters. The standard InChI is InChI=1S/C17H14Cl3NO4/c1-10(17(23)21-14-8-11(18)6-7-12(14)19)25-16(22)9-24-15-5-3-2-4-13(15)20/h2-8,10H,9H2,1H3,(H,21,23). The lowest BCUT2D eigenvalue weighted by molar-refractivity contribution is -0.155. The van der Waals surface area contributed by atoms with E-state index in [1.54, 1.807) is 36.4 Å². The molecule has 2 aromatic carbocycles. The summed E-state index contributed by atoms with van der Waals surface area (Å²) in [6.07, 6.45) is -1.04. The van der Waals surface area contributed by atoms with Crippen molar-refractivity contribution in [1.29, 1.82) is 0 Å². The molecule has 0 saturated heterocycles. The zero-order chi connectivity index (χ0) is 18.4. The lowest BCUT2D eigenvalue weighted by Gasteiger charge is -2.15. The lowest BCUT2D eigenvalue weighted by atomic mass is 10.3. The maximum absolute atomic E-state index is 12.1. The fourth-order valence-electron chi connectivity index (χ4n) is 1.81. The van der Waals surface area contributed by atoms with Gasteiger partial charge < -0.3 is 14.8 Å². The number of ether oxygens (including phenoxy) is 2. The fraction of sp³-hybridized carbons (Fsp3) is 0.176. The molecule has 5 nitrogen and oxygen atoms in total. The van der Waals surface area contributed by atoms with Crippen LogP contribution in [0.5, 0.6) is 5.75 Å². The van der Waals surface area contributed by atoms with E-state index in [2.05, 4.69) is 5.32 Å². The van der Waals surface area contributed by atoms with E-state index in [9.17, 15) is 9.59 Å². The molecule has 0 radical (unpaired) electrons. The number of carbonyl (C=O) groups is 2. The number of amides is 1. The number of nitrogens with one attached hydrogen (secondary N) is 1. The lowest BCUT2D eigenvalue weighted by Crippen LogP contribution is -2.31. The van der Waals surface area contributed by atoms with Gasteiger partial charge in [-0.2, -0.15) is 0 Å². The number of rotatable bonds is 6. The number of para-hydroxylation sites is 1. The predicted molar refractivity (Wildman–Crippen MR) is 97.6 cm³/mol. The molecule has 0 heterocycles. The Balaban J connectivity index is 1.87. The summed E-state index contributed by atoms with van der Waals surface area (Å²) in [5.74, 6) is -0.904. The summed E-state index contributed by atoms with van der Waals surface area (Å²) in [4.78, 5) is 23.9. The Bertz CT molecular complexity index is 782. The molecule has 2 aromatic rings. The molecule has 1 amide bonds. The number of hydrogen-bond acceptors (Lipinski definition) is 4. The van der Waals surface area contributed by atoms with Gasteiger partial charge in [0.25, 0.3) is 5.91 Å². The summed E-state index contributed by atoms with van der Waals surface area (Å²) in [5, 5.41) is 3.65. The molecular formula is C17H14Cl3NO4. The molecule has 0 aliphatic rings. The monoisotopic (exact) mass is 401 g/mol. The van der Waals surface area contributed by atoms with E-state index in [1.165, 1.54) is 13.0 Å². The van der Waals surface area contributed by atoms with Crippen LogP contribution in [-0.2, 0) is 14.3 Å². The average molecular weight is 403 g/mol. The van der Waals surface area contributed by atoms with Gasteiger partial charge in [0.05, 0.1) is 15.7 Å². The molecule has 0 bridgehead atoms. The SMILES string of the molecule is CC(OC(=O)COc1ccccc1Cl)C(=O)Nc1cc(Cl)ccc1Cl. The summed E-state index contributed by atoms with van der Waals surface area (Å²) in [6, 6.07) is 11.3. The van der Waals surface area contributed by atoms with Gasteiger partial charge in [0, 0.05) is 5.02 Å². The molecule has 0 aliphatic carbocycles. The summed E-state index contributed by atoms with van der Waals surface area (Å²) in [5.41, 5.74) is 0.328. The average Bonchev–Trinajstić information content (AvgIpc) is 2.57. The van der Waals surface area contributed by atoms with Gasteiger partial charge in [-0.3, -0.25) is 4.79 Å². The van der Waals surface area contributed by atoms with Crippen LogP contribution < -0.4 is 10.1 Å². The first-order chi connectivity index (χ1) is 11.9. The Hall–Kier alpha value is -1.95. The molecule has 132 valence electrons. The number of hydrogen-bond donors (Lipinski definition) is 1. The zero-order valence-corrected chi connectivity index (χ0v) is 15.4. The van der Waals surface area contributed by atoms with Gasteiger partial charge in [0.2, 0.25) is 0 Å². The van der Waals surface area contributed by atoms with Crippen molar-refractivity contribution < 1.29 is 19.1 Å². The Kier molecular flexibility index (Phi) is 6.93. The topological polar surface area (TPSA) is 64.6 Å². The third-order valence-electron chi connectivity index (χ3n) is 3.05. The zero-order valence-electron chi connectivity index (χ0n) is 13.1. The van der Waals surface area contributed by atoms with E-state index in [-0.39, 0.29) is 6.61 Å². The second kappa shape index (κ2) is 8.94. The van der Waals surface area contributed by atoms with E-state index < -0.39 is 18.0 Å².